The van der Waals surface area contributed by atoms with Gasteiger partial charge in [0.2, 0.25) is 0 Å². The summed E-state index contributed by atoms with van der Waals surface area (Å²) in [6.07, 6.45) is 1.42. The predicted molar refractivity (Wildman–Crippen MR) is 127 cm³/mol. The Morgan fingerprint density at radius 3 is 2.61 bits per heavy atom. The van der Waals surface area contributed by atoms with E-state index in [0.717, 1.165) is 0 Å². The smallest absolute Gasteiger partial charge is 0.266 e. The van der Waals surface area contributed by atoms with Gasteiger partial charge in [0.1, 0.15) is 24.1 Å². The molecule has 0 bridgehead atoms. The lowest BCUT2D eigenvalue weighted by Crippen LogP contribution is -2.13. The third kappa shape index (κ3) is 6.48. The molecule has 0 radical (unpaired) electrons. The molecule has 0 aliphatic carbocycles. The van der Waals surface area contributed by atoms with E-state index in [1.54, 1.807) is 48.5 Å². The molecule has 0 aliphatic heterocycles. The summed E-state index contributed by atoms with van der Waals surface area (Å²) < 4.78 is 24.8. The average Bonchev–Trinajstić information content (AvgIpc) is 2.80. The molecule has 1 amide bonds. The quantitative estimate of drug-likeness (QED) is 0.286. The molecule has 0 heterocycles. The Kier molecular flexibility index (Phi) is 8.31. The molecule has 1 N–H and O–H groups in total. The zero-order chi connectivity index (χ0) is 23.8. The third-order valence-corrected chi connectivity index (χ3v) is 5.25. The number of ether oxygens (including phenoxy) is 2. The molecule has 8 heteroatoms. The van der Waals surface area contributed by atoms with Gasteiger partial charge < -0.3 is 14.8 Å². The van der Waals surface area contributed by atoms with E-state index in [9.17, 15) is 14.4 Å². The second-order valence-corrected chi connectivity index (χ2v) is 7.57. The van der Waals surface area contributed by atoms with Crippen molar-refractivity contribution in [2.24, 2.45) is 0 Å². The van der Waals surface area contributed by atoms with Crippen molar-refractivity contribution < 1.29 is 18.7 Å². The molecule has 0 aliphatic rings. The molecular formula is C25H19Cl2FN2O3. The van der Waals surface area contributed by atoms with Gasteiger partial charge in [0.05, 0.1) is 22.3 Å². The maximum Gasteiger partial charge on any atom is 0.266 e. The van der Waals surface area contributed by atoms with Crippen LogP contribution in [-0.2, 0) is 11.4 Å². The molecule has 3 aromatic carbocycles. The largest absolute Gasteiger partial charge is 0.490 e. The van der Waals surface area contributed by atoms with E-state index in [1.165, 1.54) is 18.2 Å². The lowest BCUT2D eigenvalue weighted by molar-refractivity contribution is -0.112. The molecule has 0 saturated heterocycles. The maximum absolute atomic E-state index is 13.4. The minimum Gasteiger partial charge on any atom is -0.490 e. The zero-order valence-electron chi connectivity index (χ0n) is 17.6. The topological polar surface area (TPSA) is 71.3 Å². The van der Waals surface area contributed by atoms with Gasteiger partial charge in [-0.3, -0.25) is 4.79 Å². The molecule has 5 nitrogen and oxygen atoms in total. The van der Waals surface area contributed by atoms with Crippen LogP contribution in [0.25, 0.3) is 6.08 Å². The second-order valence-electron chi connectivity index (χ2n) is 6.78. The summed E-state index contributed by atoms with van der Waals surface area (Å²) in [6.45, 7) is 2.35. The Hall–Kier alpha value is -3.53. The lowest BCUT2D eigenvalue weighted by Gasteiger charge is -2.13. The van der Waals surface area contributed by atoms with Crippen LogP contribution in [0, 0.1) is 17.1 Å². The van der Waals surface area contributed by atoms with Crippen LogP contribution < -0.4 is 14.8 Å². The van der Waals surface area contributed by atoms with Crippen LogP contribution in [0.2, 0.25) is 10.0 Å². The summed E-state index contributed by atoms with van der Waals surface area (Å²) >= 11 is 12.1. The van der Waals surface area contributed by atoms with E-state index in [1.807, 2.05) is 13.0 Å². The molecule has 0 saturated carbocycles. The fraction of sp³-hybridized carbons (Fsp3) is 0.120. The van der Waals surface area contributed by atoms with Gasteiger partial charge in [-0.15, -0.1) is 0 Å². The van der Waals surface area contributed by atoms with E-state index in [4.69, 9.17) is 32.7 Å². The first-order chi connectivity index (χ1) is 15.9. The highest BCUT2D eigenvalue weighted by atomic mass is 35.5. The summed E-state index contributed by atoms with van der Waals surface area (Å²) in [4.78, 5) is 12.6. The molecule has 0 spiro atoms. The number of anilines is 1. The van der Waals surface area contributed by atoms with Crippen LogP contribution in [0.15, 0.2) is 66.2 Å². The number of nitriles is 1. The van der Waals surface area contributed by atoms with Crippen molar-refractivity contribution in [3.63, 3.8) is 0 Å². The van der Waals surface area contributed by atoms with Gasteiger partial charge in [0.15, 0.2) is 11.5 Å². The fourth-order valence-electron chi connectivity index (χ4n) is 2.90. The normalized spacial score (nSPS) is 10.9. The first-order valence-corrected chi connectivity index (χ1v) is 10.7. The minimum atomic E-state index is -0.633. The number of halogens is 3. The Labute approximate surface area is 201 Å². The van der Waals surface area contributed by atoms with Crippen molar-refractivity contribution in [3.05, 3.63) is 93.2 Å². The van der Waals surface area contributed by atoms with Gasteiger partial charge in [-0.2, -0.15) is 5.26 Å². The summed E-state index contributed by atoms with van der Waals surface area (Å²) in [5, 5.41) is 12.5. The highest BCUT2D eigenvalue weighted by Gasteiger charge is 2.14. The zero-order valence-corrected chi connectivity index (χ0v) is 19.1. The molecule has 168 valence electrons. The van der Waals surface area contributed by atoms with Gasteiger partial charge in [-0.05, 0) is 60.5 Å². The molecule has 0 atom stereocenters. The highest BCUT2D eigenvalue weighted by molar-refractivity contribution is 6.44. The second kappa shape index (κ2) is 11.4. The van der Waals surface area contributed by atoms with Gasteiger partial charge in [-0.1, -0.05) is 47.5 Å². The van der Waals surface area contributed by atoms with E-state index in [0.29, 0.717) is 34.9 Å². The lowest BCUT2D eigenvalue weighted by atomic mass is 10.1. The van der Waals surface area contributed by atoms with Crippen LogP contribution in [0.5, 0.6) is 11.5 Å². The summed E-state index contributed by atoms with van der Waals surface area (Å²) in [5.74, 6) is -0.0980. The number of benzene rings is 3. The van der Waals surface area contributed by atoms with Crippen LogP contribution in [-0.4, -0.2) is 12.5 Å². The van der Waals surface area contributed by atoms with E-state index in [2.05, 4.69) is 5.32 Å². The van der Waals surface area contributed by atoms with Crippen molar-refractivity contribution in [2.45, 2.75) is 13.5 Å². The number of hydrogen-bond acceptors (Lipinski definition) is 4. The summed E-state index contributed by atoms with van der Waals surface area (Å²) in [6, 6.07) is 17.8. The van der Waals surface area contributed by atoms with Crippen LogP contribution in [0.1, 0.15) is 18.1 Å². The van der Waals surface area contributed by atoms with Crippen molar-refractivity contribution >= 4 is 40.9 Å². The molecule has 3 rings (SSSR count). The van der Waals surface area contributed by atoms with Crippen molar-refractivity contribution in [3.8, 4) is 17.6 Å². The number of carbonyl (C=O) groups excluding carboxylic acids is 1. The molecule has 0 unspecified atom stereocenters. The first kappa shape index (κ1) is 24.1. The van der Waals surface area contributed by atoms with Gasteiger partial charge in [-0.25, -0.2) is 4.39 Å². The Bertz CT molecular complexity index is 1240. The molecular weight excluding hydrogens is 466 g/mol. The number of nitrogens with zero attached hydrogens (tertiary/aromatic N) is 1. The molecule has 3 aromatic rings. The highest BCUT2D eigenvalue weighted by Crippen LogP contribution is 2.31. The van der Waals surface area contributed by atoms with Crippen molar-refractivity contribution in [1.82, 2.24) is 0 Å². The fourth-order valence-corrected chi connectivity index (χ4v) is 3.24. The molecule has 33 heavy (non-hydrogen) atoms. The van der Waals surface area contributed by atoms with Gasteiger partial charge >= 0.3 is 0 Å². The Balaban J connectivity index is 1.80. The van der Waals surface area contributed by atoms with Crippen LogP contribution in [0.4, 0.5) is 10.1 Å². The number of carbonyl (C=O) groups is 1. The Morgan fingerprint density at radius 1 is 1.09 bits per heavy atom. The van der Waals surface area contributed by atoms with Gasteiger partial charge in [0, 0.05) is 0 Å². The SMILES string of the molecule is CCOc1cc(/C=C(/C#N)C(=O)Nc2cccc(Cl)c2Cl)ccc1OCc1cccc(F)c1. The predicted octanol–water partition coefficient (Wildman–Crippen LogP) is 6.66. The maximum atomic E-state index is 13.4. The van der Waals surface area contributed by atoms with Crippen molar-refractivity contribution in [1.29, 1.82) is 5.26 Å². The average molecular weight is 485 g/mol. The third-order valence-electron chi connectivity index (χ3n) is 4.43. The summed E-state index contributed by atoms with van der Waals surface area (Å²) in [7, 11) is 0. The monoisotopic (exact) mass is 484 g/mol. The number of amides is 1. The van der Waals surface area contributed by atoms with Crippen LogP contribution in [0.3, 0.4) is 0 Å². The van der Waals surface area contributed by atoms with Gasteiger partial charge in [0.25, 0.3) is 5.91 Å². The van der Waals surface area contributed by atoms with E-state index >= 15 is 0 Å². The van der Waals surface area contributed by atoms with Crippen LogP contribution >= 0.6 is 23.2 Å². The molecule has 0 aromatic heterocycles. The van der Waals surface area contributed by atoms with Crippen molar-refractivity contribution in [2.75, 3.05) is 11.9 Å². The number of nitrogens with one attached hydrogen (secondary N) is 1. The van der Waals surface area contributed by atoms with E-state index < -0.39 is 5.91 Å². The number of rotatable bonds is 8. The standard InChI is InChI=1S/C25H19Cl2FN2O3/c1-2-32-23-13-16(9-10-22(23)33-15-17-5-3-6-19(28)12-17)11-18(14-29)25(31)30-21-8-4-7-20(26)24(21)27/h3-13H,2,15H2,1H3,(H,30,31)/b18-11-. The number of hydrogen-bond donors (Lipinski definition) is 1. The summed E-state index contributed by atoms with van der Waals surface area (Å²) in [5.41, 5.74) is 1.39. The first-order valence-electron chi connectivity index (χ1n) is 9.92. The molecule has 0 fully saturated rings. The minimum absolute atomic E-state index is 0.137. The Morgan fingerprint density at radius 2 is 1.88 bits per heavy atom. The van der Waals surface area contributed by atoms with E-state index in [-0.39, 0.29) is 28.0 Å².